The summed E-state index contributed by atoms with van der Waals surface area (Å²) in [6.45, 7) is 7.97. The highest BCUT2D eigenvalue weighted by Crippen LogP contribution is 2.31. The van der Waals surface area contributed by atoms with Crippen LogP contribution in [-0.2, 0) is 11.3 Å². The molecule has 2 amide bonds. The van der Waals surface area contributed by atoms with Gasteiger partial charge in [0.25, 0.3) is 5.91 Å². The number of carbonyl (C=O) groups excluding carboxylic acids is 2. The van der Waals surface area contributed by atoms with E-state index in [0.717, 1.165) is 42.4 Å². The van der Waals surface area contributed by atoms with Crippen molar-refractivity contribution in [3.05, 3.63) is 83.4 Å². The van der Waals surface area contributed by atoms with Gasteiger partial charge in [0.1, 0.15) is 6.61 Å². The number of hydrazine groups is 1. The second kappa shape index (κ2) is 11.5. The standard InChI is InChI=1S/C27H34N2O3/c1-4-11-25(23-14-9-6-10-15-23)29(27(31)32-19-22-12-7-5-8-13-22)28-26(30)24-17-20(2)16-21(3)18-24/h4-5,7-8,12-13,16-18,23,25H,1,6,9-11,14-15,19H2,2-3H3,(H,28,30)/t25-/m0/s1. The SMILES string of the molecule is C=CC[C@@H](C1CCCCC1)N(NC(=O)c1cc(C)cc(C)c1)C(=O)OCc1ccccc1. The molecule has 1 aliphatic carbocycles. The van der Waals surface area contributed by atoms with Gasteiger partial charge in [0.2, 0.25) is 0 Å². The number of rotatable bonds is 7. The first kappa shape index (κ1) is 23.6. The summed E-state index contributed by atoms with van der Waals surface area (Å²) in [5.41, 5.74) is 6.32. The van der Waals surface area contributed by atoms with E-state index in [9.17, 15) is 9.59 Å². The molecule has 0 spiro atoms. The molecule has 5 nitrogen and oxygen atoms in total. The third-order valence-electron chi connectivity index (χ3n) is 6.04. The van der Waals surface area contributed by atoms with E-state index in [2.05, 4.69) is 12.0 Å². The Hall–Kier alpha value is -3.08. The molecular formula is C27H34N2O3. The lowest BCUT2D eigenvalue weighted by molar-refractivity contribution is 0.0307. The quantitative estimate of drug-likeness (QED) is 0.422. The smallest absolute Gasteiger partial charge is 0.429 e. The number of nitrogens with zero attached hydrogens (tertiary/aromatic N) is 1. The zero-order valence-corrected chi connectivity index (χ0v) is 19.2. The molecule has 0 bridgehead atoms. The minimum absolute atomic E-state index is 0.154. The van der Waals surface area contributed by atoms with E-state index in [0.29, 0.717) is 17.9 Å². The Morgan fingerprint density at radius 2 is 1.75 bits per heavy atom. The average molecular weight is 435 g/mol. The van der Waals surface area contributed by atoms with Crippen LogP contribution in [0.15, 0.2) is 61.2 Å². The summed E-state index contributed by atoms with van der Waals surface area (Å²) in [5.74, 6) is -0.0103. The topological polar surface area (TPSA) is 58.6 Å². The fourth-order valence-corrected chi connectivity index (χ4v) is 4.53. The second-order valence-corrected chi connectivity index (χ2v) is 8.72. The van der Waals surface area contributed by atoms with Crippen molar-refractivity contribution in [2.45, 2.75) is 65.0 Å². The van der Waals surface area contributed by atoms with Crippen molar-refractivity contribution in [2.75, 3.05) is 0 Å². The van der Waals surface area contributed by atoms with Gasteiger partial charge in [0.05, 0.1) is 6.04 Å². The normalized spacial score (nSPS) is 14.9. The molecule has 1 N–H and O–H groups in total. The molecule has 0 aromatic heterocycles. The molecule has 1 fully saturated rings. The van der Waals surface area contributed by atoms with Gasteiger partial charge in [-0.3, -0.25) is 10.2 Å². The first-order valence-corrected chi connectivity index (χ1v) is 11.5. The first-order chi connectivity index (χ1) is 15.5. The Bertz CT molecular complexity index is 900. The number of nitrogens with one attached hydrogen (secondary N) is 1. The van der Waals surface area contributed by atoms with Gasteiger partial charge in [0, 0.05) is 5.56 Å². The molecule has 1 saturated carbocycles. The summed E-state index contributed by atoms with van der Waals surface area (Å²) in [7, 11) is 0. The van der Waals surface area contributed by atoms with E-state index in [-0.39, 0.29) is 18.6 Å². The fourth-order valence-electron chi connectivity index (χ4n) is 4.53. The molecule has 0 aliphatic heterocycles. The van der Waals surface area contributed by atoms with Crippen molar-refractivity contribution in [2.24, 2.45) is 5.92 Å². The molecule has 0 saturated heterocycles. The number of ether oxygens (including phenoxy) is 1. The fraction of sp³-hybridized carbons (Fsp3) is 0.407. The molecule has 3 rings (SSSR count). The van der Waals surface area contributed by atoms with Crippen LogP contribution in [0.4, 0.5) is 4.79 Å². The molecule has 0 heterocycles. The summed E-state index contributed by atoms with van der Waals surface area (Å²) in [5, 5.41) is 1.42. The van der Waals surface area contributed by atoms with Crippen LogP contribution in [-0.4, -0.2) is 23.1 Å². The Morgan fingerprint density at radius 1 is 1.09 bits per heavy atom. The third kappa shape index (κ3) is 6.46. The van der Waals surface area contributed by atoms with Crippen LogP contribution in [0.25, 0.3) is 0 Å². The van der Waals surface area contributed by atoms with Crippen molar-refractivity contribution in [1.82, 2.24) is 10.4 Å². The van der Waals surface area contributed by atoms with E-state index in [4.69, 9.17) is 4.74 Å². The predicted octanol–water partition coefficient (Wildman–Crippen LogP) is 6.11. The van der Waals surface area contributed by atoms with Crippen LogP contribution in [0.3, 0.4) is 0 Å². The number of aryl methyl sites for hydroxylation is 2. The number of benzene rings is 2. The molecular weight excluding hydrogens is 400 g/mol. The number of amides is 2. The Morgan fingerprint density at radius 3 is 2.38 bits per heavy atom. The highest BCUT2D eigenvalue weighted by Gasteiger charge is 2.33. The van der Waals surface area contributed by atoms with Gasteiger partial charge in [-0.05, 0) is 56.7 Å². The van der Waals surface area contributed by atoms with Gasteiger partial charge in [-0.25, -0.2) is 9.80 Å². The van der Waals surface area contributed by atoms with E-state index < -0.39 is 6.09 Å². The maximum Gasteiger partial charge on any atom is 0.429 e. The molecule has 5 heteroatoms. The Labute approximate surface area is 191 Å². The Kier molecular flexibility index (Phi) is 8.48. The molecule has 0 unspecified atom stereocenters. The molecule has 32 heavy (non-hydrogen) atoms. The van der Waals surface area contributed by atoms with Crippen molar-refractivity contribution in [1.29, 1.82) is 0 Å². The molecule has 2 aromatic carbocycles. The molecule has 1 atom stereocenters. The largest absolute Gasteiger partial charge is 0.443 e. The monoisotopic (exact) mass is 434 g/mol. The zero-order chi connectivity index (χ0) is 22.9. The summed E-state index contributed by atoms with van der Waals surface area (Å²) in [6, 6.07) is 15.1. The second-order valence-electron chi connectivity index (χ2n) is 8.72. The highest BCUT2D eigenvalue weighted by atomic mass is 16.6. The number of hydrogen-bond donors (Lipinski definition) is 1. The lowest BCUT2D eigenvalue weighted by Crippen LogP contribution is -2.54. The van der Waals surface area contributed by atoms with Crippen molar-refractivity contribution in [3.8, 4) is 0 Å². The molecule has 170 valence electrons. The summed E-state index contributed by atoms with van der Waals surface area (Å²) >= 11 is 0. The molecule has 2 aromatic rings. The van der Waals surface area contributed by atoms with Gasteiger partial charge in [-0.15, -0.1) is 6.58 Å². The zero-order valence-electron chi connectivity index (χ0n) is 19.2. The van der Waals surface area contributed by atoms with Crippen LogP contribution in [0.5, 0.6) is 0 Å². The summed E-state index contributed by atoms with van der Waals surface area (Å²) in [4.78, 5) is 26.4. The van der Waals surface area contributed by atoms with Crippen molar-refractivity contribution >= 4 is 12.0 Å². The third-order valence-corrected chi connectivity index (χ3v) is 6.04. The van der Waals surface area contributed by atoms with E-state index in [1.165, 1.54) is 11.4 Å². The van der Waals surface area contributed by atoms with E-state index >= 15 is 0 Å². The van der Waals surface area contributed by atoms with Gasteiger partial charge in [0.15, 0.2) is 0 Å². The minimum atomic E-state index is -0.538. The summed E-state index contributed by atoms with van der Waals surface area (Å²) < 4.78 is 5.63. The van der Waals surface area contributed by atoms with Crippen molar-refractivity contribution < 1.29 is 14.3 Å². The van der Waals surface area contributed by atoms with Gasteiger partial charge in [-0.1, -0.05) is 72.9 Å². The van der Waals surface area contributed by atoms with Crippen LogP contribution in [0.2, 0.25) is 0 Å². The minimum Gasteiger partial charge on any atom is -0.443 e. The van der Waals surface area contributed by atoms with E-state index in [1.54, 1.807) is 0 Å². The van der Waals surface area contributed by atoms with E-state index in [1.807, 2.05) is 68.5 Å². The maximum atomic E-state index is 13.2. The van der Waals surface area contributed by atoms with Crippen LogP contribution in [0.1, 0.15) is 65.6 Å². The predicted molar refractivity (Wildman–Crippen MR) is 127 cm³/mol. The molecule has 1 aliphatic rings. The maximum absolute atomic E-state index is 13.2. The number of carbonyl (C=O) groups is 2. The lowest BCUT2D eigenvalue weighted by atomic mass is 9.82. The summed E-state index contributed by atoms with van der Waals surface area (Å²) in [6.07, 6.45) is 7.42. The van der Waals surface area contributed by atoms with Gasteiger partial charge < -0.3 is 4.74 Å². The molecule has 0 radical (unpaired) electrons. The highest BCUT2D eigenvalue weighted by molar-refractivity contribution is 5.95. The van der Waals surface area contributed by atoms with Crippen LogP contribution >= 0.6 is 0 Å². The van der Waals surface area contributed by atoms with Gasteiger partial charge in [-0.2, -0.15) is 0 Å². The lowest BCUT2D eigenvalue weighted by Gasteiger charge is -2.37. The van der Waals surface area contributed by atoms with Gasteiger partial charge >= 0.3 is 6.09 Å². The first-order valence-electron chi connectivity index (χ1n) is 11.5. The van der Waals surface area contributed by atoms with Crippen molar-refractivity contribution in [3.63, 3.8) is 0 Å². The average Bonchev–Trinajstić information content (AvgIpc) is 2.80. The van der Waals surface area contributed by atoms with Crippen LogP contribution < -0.4 is 5.43 Å². The van der Waals surface area contributed by atoms with Crippen LogP contribution in [0, 0.1) is 19.8 Å². The Balaban J connectivity index is 1.83. The number of hydrogen-bond acceptors (Lipinski definition) is 3.